The number of carbonyl (C=O) groups excluding carboxylic acids is 1. The lowest BCUT2D eigenvalue weighted by Crippen LogP contribution is -2.19. The second kappa shape index (κ2) is 5.97. The lowest BCUT2D eigenvalue weighted by molar-refractivity contribution is -0.115. The summed E-state index contributed by atoms with van der Waals surface area (Å²) in [6.45, 7) is 1.63. The molecular formula is C15H14F2N2O3. The van der Waals surface area contributed by atoms with Gasteiger partial charge in [-0.1, -0.05) is 0 Å². The fourth-order valence-corrected chi connectivity index (χ4v) is 2.28. The van der Waals surface area contributed by atoms with Crippen molar-refractivity contribution in [3.63, 3.8) is 0 Å². The quantitative estimate of drug-likeness (QED) is 0.911. The van der Waals surface area contributed by atoms with Crippen LogP contribution in [-0.4, -0.2) is 21.6 Å². The molecular weight excluding hydrogens is 294 g/mol. The van der Waals surface area contributed by atoms with Crippen molar-refractivity contribution in [1.29, 1.82) is 0 Å². The van der Waals surface area contributed by atoms with Gasteiger partial charge in [0.1, 0.15) is 11.6 Å². The van der Waals surface area contributed by atoms with Crippen molar-refractivity contribution in [2.75, 3.05) is 5.32 Å². The highest BCUT2D eigenvalue weighted by atomic mass is 19.1. The van der Waals surface area contributed by atoms with E-state index in [2.05, 4.69) is 5.32 Å². The van der Waals surface area contributed by atoms with Gasteiger partial charge < -0.3 is 15.0 Å². The van der Waals surface area contributed by atoms with Crippen molar-refractivity contribution in [2.24, 2.45) is 7.05 Å². The number of carboxylic acid groups (broad SMARTS) is 1. The van der Waals surface area contributed by atoms with Gasteiger partial charge in [0, 0.05) is 25.0 Å². The van der Waals surface area contributed by atoms with Gasteiger partial charge in [0.25, 0.3) is 0 Å². The van der Waals surface area contributed by atoms with E-state index in [1.165, 1.54) is 0 Å². The van der Waals surface area contributed by atoms with Crippen LogP contribution in [0.4, 0.5) is 14.5 Å². The number of aromatic carboxylic acids is 1. The molecule has 0 saturated carbocycles. The highest BCUT2D eigenvalue weighted by Crippen LogP contribution is 2.19. The Balaban J connectivity index is 2.21. The van der Waals surface area contributed by atoms with Crippen LogP contribution in [0, 0.1) is 18.6 Å². The largest absolute Gasteiger partial charge is 0.478 e. The summed E-state index contributed by atoms with van der Waals surface area (Å²) in [4.78, 5) is 23.2. The second-order valence-electron chi connectivity index (χ2n) is 4.90. The van der Waals surface area contributed by atoms with E-state index in [1.54, 1.807) is 24.7 Å². The van der Waals surface area contributed by atoms with Gasteiger partial charge in [-0.2, -0.15) is 0 Å². The minimum atomic E-state index is -1.13. The van der Waals surface area contributed by atoms with Crippen molar-refractivity contribution >= 4 is 17.6 Å². The van der Waals surface area contributed by atoms with Crippen LogP contribution in [0.3, 0.4) is 0 Å². The number of rotatable bonds is 4. The Morgan fingerprint density at radius 3 is 2.59 bits per heavy atom. The number of carboxylic acids is 1. The second-order valence-corrected chi connectivity index (χ2v) is 4.90. The third kappa shape index (κ3) is 3.13. The Kier molecular flexibility index (Phi) is 4.25. The molecule has 0 aliphatic carbocycles. The van der Waals surface area contributed by atoms with Crippen molar-refractivity contribution < 1.29 is 23.5 Å². The first-order valence-corrected chi connectivity index (χ1v) is 6.42. The Morgan fingerprint density at radius 2 is 2.00 bits per heavy atom. The summed E-state index contributed by atoms with van der Waals surface area (Å²) in [7, 11) is 1.63. The Bertz CT molecular complexity index is 753. The molecule has 7 heteroatoms. The molecule has 0 atom stereocenters. The fraction of sp³-hybridized carbons (Fsp3) is 0.200. The van der Waals surface area contributed by atoms with E-state index >= 15 is 0 Å². The van der Waals surface area contributed by atoms with Crippen molar-refractivity contribution in [3.8, 4) is 0 Å². The lowest BCUT2D eigenvalue weighted by Gasteiger charge is -2.08. The SMILES string of the molecule is Cc1cn(C)c(CC(=O)Nc2ccc(F)cc2F)c1C(=O)O. The van der Waals surface area contributed by atoms with E-state index in [1.807, 2.05) is 0 Å². The topological polar surface area (TPSA) is 71.3 Å². The lowest BCUT2D eigenvalue weighted by atomic mass is 10.1. The maximum absolute atomic E-state index is 13.5. The molecule has 1 amide bonds. The summed E-state index contributed by atoms with van der Waals surface area (Å²) in [6, 6.07) is 2.79. The number of amides is 1. The molecule has 0 fully saturated rings. The molecule has 22 heavy (non-hydrogen) atoms. The molecule has 1 aromatic heterocycles. The van der Waals surface area contributed by atoms with Crippen molar-refractivity contribution in [3.05, 3.63) is 52.9 Å². The molecule has 2 N–H and O–H groups in total. The molecule has 0 aliphatic rings. The van der Waals surface area contributed by atoms with Crippen LogP contribution in [0.25, 0.3) is 0 Å². The molecule has 0 unspecified atom stereocenters. The molecule has 2 rings (SSSR count). The molecule has 0 spiro atoms. The van der Waals surface area contributed by atoms with E-state index in [0.29, 0.717) is 17.3 Å². The van der Waals surface area contributed by atoms with E-state index < -0.39 is 23.5 Å². The standard InChI is InChI=1S/C15H14F2N2O3/c1-8-7-19(2)12(14(8)15(21)22)6-13(20)18-11-4-3-9(16)5-10(11)17/h3-5,7H,6H2,1-2H3,(H,18,20)(H,21,22). The highest BCUT2D eigenvalue weighted by molar-refractivity contribution is 5.96. The number of benzene rings is 1. The van der Waals surface area contributed by atoms with Gasteiger partial charge in [-0.05, 0) is 24.6 Å². The number of halogens is 2. The van der Waals surface area contributed by atoms with E-state index in [9.17, 15) is 23.5 Å². The minimum Gasteiger partial charge on any atom is -0.478 e. The molecule has 116 valence electrons. The predicted octanol–water partition coefficient (Wildman–Crippen LogP) is 2.49. The fourth-order valence-electron chi connectivity index (χ4n) is 2.28. The first-order chi connectivity index (χ1) is 10.3. The molecule has 0 saturated heterocycles. The first-order valence-electron chi connectivity index (χ1n) is 6.42. The maximum Gasteiger partial charge on any atom is 0.337 e. The van der Waals surface area contributed by atoms with Crippen LogP contribution < -0.4 is 5.32 Å². The van der Waals surface area contributed by atoms with Crippen molar-refractivity contribution in [2.45, 2.75) is 13.3 Å². The molecule has 0 radical (unpaired) electrons. The van der Waals surface area contributed by atoms with E-state index in [4.69, 9.17) is 0 Å². The molecule has 2 aromatic rings. The van der Waals surface area contributed by atoms with Crippen LogP contribution in [0.1, 0.15) is 21.6 Å². The number of carbonyl (C=O) groups is 2. The Morgan fingerprint density at radius 1 is 1.32 bits per heavy atom. The summed E-state index contributed by atoms with van der Waals surface area (Å²) >= 11 is 0. The number of hydrogen-bond donors (Lipinski definition) is 2. The number of aryl methyl sites for hydroxylation is 2. The van der Waals surface area contributed by atoms with Gasteiger partial charge in [-0.3, -0.25) is 4.79 Å². The maximum atomic E-state index is 13.5. The third-order valence-electron chi connectivity index (χ3n) is 3.24. The predicted molar refractivity (Wildman–Crippen MR) is 75.8 cm³/mol. The summed E-state index contributed by atoms with van der Waals surface area (Å²) in [6.07, 6.45) is 1.37. The molecule has 5 nitrogen and oxygen atoms in total. The normalized spacial score (nSPS) is 10.5. The molecule has 1 aromatic carbocycles. The zero-order valence-corrected chi connectivity index (χ0v) is 12.0. The average Bonchev–Trinajstić information content (AvgIpc) is 2.67. The van der Waals surface area contributed by atoms with Crippen LogP contribution in [0.15, 0.2) is 24.4 Å². The number of aromatic nitrogens is 1. The van der Waals surface area contributed by atoms with Gasteiger partial charge >= 0.3 is 5.97 Å². The summed E-state index contributed by atoms with van der Waals surface area (Å²) in [5.74, 6) is -3.36. The number of hydrogen-bond acceptors (Lipinski definition) is 2. The summed E-state index contributed by atoms with van der Waals surface area (Å²) in [5, 5.41) is 11.5. The zero-order valence-electron chi connectivity index (χ0n) is 12.0. The Hall–Kier alpha value is -2.70. The van der Waals surface area contributed by atoms with Crippen LogP contribution in [0.2, 0.25) is 0 Å². The number of nitrogens with zero attached hydrogens (tertiary/aromatic N) is 1. The monoisotopic (exact) mass is 308 g/mol. The van der Waals surface area contributed by atoms with E-state index in [-0.39, 0.29) is 17.7 Å². The third-order valence-corrected chi connectivity index (χ3v) is 3.24. The van der Waals surface area contributed by atoms with Crippen molar-refractivity contribution in [1.82, 2.24) is 4.57 Å². The highest BCUT2D eigenvalue weighted by Gasteiger charge is 2.20. The Labute approximate surface area is 125 Å². The van der Waals surface area contributed by atoms with Gasteiger partial charge in [-0.15, -0.1) is 0 Å². The van der Waals surface area contributed by atoms with Gasteiger partial charge in [0.15, 0.2) is 0 Å². The van der Waals surface area contributed by atoms with Crippen LogP contribution in [0.5, 0.6) is 0 Å². The van der Waals surface area contributed by atoms with Gasteiger partial charge in [-0.25, -0.2) is 13.6 Å². The minimum absolute atomic E-state index is 0.0530. The smallest absolute Gasteiger partial charge is 0.337 e. The zero-order chi connectivity index (χ0) is 16.4. The molecule has 0 aliphatic heterocycles. The summed E-state index contributed by atoms with van der Waals surface area (Å²) < 4.78 is 27.8. The molecule has 0 bridgehead atoms. The van der Waals surface area contributed by atoms with Crippen LogP contribution in [-0.2, 0) is 18.3 Å². The first kappa shape index (κ1) is 15.7. The number of nitrogens with one attached hydrogen (secondary N) is 1. The summed E-state index contributed by atoms with van der Waals surface area (Å²) in [5.41, 5.74) is 0.738. The van der Waals surface area contributed by atoms with Gasteiger partial charge in [0.2, 0.25) is 5.91 Å². The molecule has 1 heterocycles. The number of anilines is 1. The average molecular weight is 308 g/mol. The van der Waals surface area contributed by atoms with Gasteiger partial charge in [0.05, 0.1) is 17.7 Å². The van der Waals surface area contributed by atoms with Crippen LogP contribution >= 0.6 is 0 Å². The van der Waals surface area contributed by atoms with E-state index in [0.717, 1.165) is 12.1 Å².